The van der Waals surface area contributed by atoms with Crippen molar-refractivity contribution in [1.29, 1.82) is 0 Å². The summed E-state index contributed by atoms with van der Waals surface area (Å²) in [5, 5.41) is 0. The Kier molecular flexibility index (Phi) is 49.4. The lowest BCUT2D eigenvalue weighted by molar-refractivity contribution is -0.167. The van der Waals surface area contributed by atoms with Gasteiger partial charge in [-0.05, 0) is 57.8 Å². The second-order valence-electron chi connectivity index (χ2n) is 17.5. The van der Waals surface area contributed by atoms with Crippen molar-refractivity contribution in [3.05, 3.63) is 85.1 Å². The summed E-state index contributed by atoms with van der Waals surface area (Å²) in [5.74, 6) is -0.934. The van der Waals surface area contributed by atoms with Crippen molar-refractivity contribution in [3.8, 4) is 0 Å². The largest absolute Gasteiger partial charge is 0.462 e. The molecular weight excluding hydrogens is 793 g/mol. The molecule has 0 fully saturated rings. The highest BCUT2D eigenvalue weighted by molar-refractivity contribution is 5.71. The van der Waals surface area contributed by atoms with Gasteiger partial charge in [-0.3, -0.25) is 14.4 Å². The summed E-state index contributed by atoms with van der Waals surface area (Å²) >= 11 is 0. The minimum Gasteiger partial charge on any atom is -0.462 e. The molecule has 0 aromatic rings. The molecule has 0 spiro atoms. The number of hydrogen-bond donors (Lipinski definition) is 0. The molecule has 0 N–H and O–H groups in total. The van der Waals surface area contributed by atoms with E-state index in [0.29, 0.717) is 19.3 Å². The van der Waals surface area contributed by atoms with Gasteiger partial charge in [-0.2, -0.15) is 0 Å². The number of esters is 3. The molecule has 0 amide bonds. The predicted octanol–water partition coefficient (Wildman–Crippen LogP) is 17.6. The first-order valence-electron chi connectivity index (χ1n) is 26.7. The van der Waals surface area contributed by atoms with E-state index in [1.165, 1.54) is 96.3 Å². The zero-order valence-corrected chi connectivity index (χ0v) is 41.8. The minimum atomic E-state index is -0.796. The monoisotopic (exact) mass is 891 g/mol. The van der Waals surface area contributed by atoms with Crippen molar-refractivity contribution in [2.24, 2.45) is 0 Å². The van der Waals surface area contributed by atoms with E-state index in [4.69, 9.17) is 14.2 Å². The third-order valence-electron chi connectivity index (χ3n) is 11.3. The van der Waals surface area contributed by atoms with Gasteiger partial charge in [0.25, 0.3) is 0 Å². The fourth-order valence-corrected chi connectivity index (χ4v) is 7.34. The van der Waals surface area contributed by atoms with Crippen molar-refractivity contribution in [1.82, 2.24) is 0 Å². The van der Waals surface area contributed by atoms with Crippen LogP contribution in [0.15, 0.2) is 85.1 Å². The molecule has 6 nitrogen and oxygen atoms in total. The Hall–Kier alpha value is -3.41. The van der Waals surface area contributed by atoms with Gasteiger partial charge in [0, 0.05) is 19.3 Å². The van der Waals surface area contributed by atoms with Crippen molar-refractivity contribution in [2.45, 2.75) is 252 Å². The van der Waals surface area contributed by atoms with E-state index in [0.717, 1.165) is 109 Å². The zero-order chi connectivity index (χ0) is 46.5. The lowest BCUT2D eigenvalue weighted by atomic mass is 10.0. The molecule has 366 valence electrons. The van der Waals surface area contributed by atoms with Crippen LogP contribution < -0.4 is 0 Å². The standard InChI is InChI=1S/C58H98O6/c1-4-7-10-13-16-19-22-25-27-28-29-31-33-36-39-42-45-48-51-57(60)63-54-55(53-62-56(59)50-47-44-41-38-35-32-24-21-18-15-12-9-6-3)64-58(61)52-49-46-43-40-37-34-30-26-23-20-17-14-11-8-5-2/h8-9,11-12,14-15,17-18,20-21,23-24,26,30,55H,4-7,10,13,16,19,22,25,27-29,31-54H2,1-3H3/b11-8+,12-9+,17-14+,18-15+,23-20+,24-21+,30-26+. The second kappa shape index (κ2) is 52.2. The number of unbranched alkanes of at least 4 members (excludes halogenated alkanes) is 27. The molecule has 6 heteroatoms. The maximum Gasteiger partial charge on any atom is 0.306 e. The van der Waals surface area contributed by atoms with Crippen LogP contribution in [0, 0.1) is 0 Å². The number of allylic oxidation sites excluding steroid dienone is 14. The molecule has 0 radical (unpaired) electrons. The first-order chi connectivity index (χ1) is 31.5. The van der Waals surface area contributed by atoms with Crippen LogP contribution in [0.3, 0.4) is 0 Å². The Bertz CT molecular complexity index is 1250. The van der Waals surface area contributed by atoms with Crippen LogP contribution >= 0.6 is 0 Å². The molecule has 1 atom stereocenters. The van der Waals surface area contributed by atoms with Crippen LogP contribution in [-0.2, 0) is 28.6 Å². The summed E-state index contributed by atoms with van der Waals surface area (Å²) in [6.45, 7) is 6.34. The summed E-state index contributed by atoms with van der Waals surface area (Å²) in [4.78, 5) is 38.0. The Labute approximate surface area is 395 Å². The number of rotatable bonds is 47. The SMILES string of the molecule is CC/C=C/C=C/C=C/C=C/CCCCCCCC(=O)OC(COC(=O)CCCCCCC/C=C/C=C/C=C/CC)COC(=O)CCCCCCCCCCCCCCCCCCCC. The van der Waals surface area contributed by atoms with Gasteiger partial charge < -0.3 is 14.2 Å². The fourth-order valence-electron chi connectivity index (χ4n) is 7.34. The van der Waals surface area contributed by atoms with E-state index in [-0.39, 0.29) is 31.1 Å². The number of ether oxygens (including phenoxy) is 3. The van der Waals surface area contributed by atoms with Crippen molar-refractivity contribution in [2.75, 3.05) is 13.2 Å². The molecular formula is C58H98O6. The van der Waals surface area contributed by atoms with Gasteiger partial charge in [-0.15, -0.1) is 0 Å². The second-order valence-corrected chi connectivity index (χ2v) is 17.5. The van der Waals surface area contributed by atoms with Gasteiger partial charge >= 0.3 is 17.9 Å². The summed E-state index contributed by atoms with van der Waals surface area (Å²) < 4.78 is 16.8. The van der Waals surface area contributed by atoms with E-state index in [1.807, 2.05) is 18.2 Å². The topological polar surface area (TPSA) is 78.9 Å². The van der Waals surface area contributed by atoms with Gasteiger partial charge in [0.15, 0.2) is 6.10 Å². The fraction of sp³-hybridized carbons (Fsp3) is 0.707. The molecule has 1 unspecified atom stereocenters. The van der Waals surface area contributed by atoms with E-state index >= 15 is 0 Å². The molecule has 0 saturated carbocycles. The van der Waals surface area contributed by atoms with Gasteiger partial charge in [-0.25, -0.2) is 0 Å². The highest BCUT2D eigenvalue weighted by Gasteiger charge is 2.19. The van der Waals surface area contributed by atoms with E-state index in [1.54, 1.807) is 0 Å². The molecule has 0 aliphatic heterocycles. The van der Waals surface area contributed by atoms with Gasteiger partial charge in [0.1, 0.15) is 13.2 Å². The number of hydrogen-bond acceptors (Lipinski definition) is 6. The first-order valence-corrected chi connectivity index (χ1v) is 26.7. The maximum atomic E-state index is 12.8. The molecule has 0 aromatic heterocycles. The van der Waals surface area contributed by atoms with Gasteiger partial charge in [0.2, 0.25) is 0 Å². The summed E-state index contributed by atoms with van der Waals surface area (Å²) in [5.41, 5.74) is 0. The Balaban J connectivity index is 4.41. The number of carbonyl (C=O) groups is 3. The van der Waals surface area contributed by atoms with Crippen molar-refractivity contribution >= 4 is 17.9 Å². The van der Waals surface area contributed by atoms with Crippen LogP contribution in [-0.4, -0.2) is 37.2 Å². The highest BCUT2D eigenvalue weighted by Crippen LogP contribution is 2.16. The Morgan fingerprint density at radius 3 is 0.953 bits per heavy atom. The molecule has 0 aliphatic rings. The molecule has 0 aromatic carbocycles. The van der Waals surface area contributed by atoms with Crippen LogP contribution in [0.1, 0.15) is 245 Å². The molecule has 0 saturated heterocycles. The Morgan fingerprint density at radius 1 is 0.328 bits per heavy atom. The molecule has 0 rings (SSSR count). The molecule has 0 bridgehead atoms. The van der Waals surface area contributed by atoms with Crippen molar-refractivity contribution in [3.63, 3.8) is 0 Å². The van der Waals surface area contributed by atoms with Crippen LogP contribution in [0.5, 0.6) is 0 Å². The summed E-state index contributed by atoms with van der Waals surface area (Å²) in [6, 6.07) is 0. The third-order valence-corrected chi connectivity index (χ3v) is 11.3. The average Bonchev–Trinajstić information content (AvgIpc) is 3.29. The van der Waals surface area contributed by atoms with Gasteiger partial charge in [-0.1, -0.05) is 254 Å². The quantitative estimate of drug-likeness (QED) is 0.0262. The smallest absolute Gasteiger partial charge is 0.306 e. The minimum absolute atomic E-state index is 0.0918. The highest BCUT2D eigenvalue weighted by atomic mass is 16.6. The number of carbonyl (C=O) groups excluding carboxylic acids is 3. The van der Waals surface area contributed by atoms with Crippen LogP contribution in [0.2, 0.25) is 0 Å². The molecule has 64 heavy (non-hydrogen) atoms. The van der Waals surface area contributed by atoms with Crippen LogP contribution in [0.25, 0.3) is 0 Å². The first kappa shape index (κ1) is 60.6. The van der Waals surface area contributed by atoms with Crippen LogP contribution in [0.4, 0.5) is 0 Å². The van der Waals surface area contributed by atoms with Gasteiger partial charge in [0.05, 0.1) is 0 Å². The predicted molar refractivity (Wildman–Crippen MR) is 274 cm³/mol. The lowest BCUT2D eigenvalue weighted by Gasteiger charge is -2.18. The Morgan fingerprint density at radius 2 is 0.609 bits per heavy atom. The maximum absolute atomic E-state index is 12.8. The van der Waals surface area contributed by atoms with E-state index in [9.17, 15) is 14.4 Å². The normalized spacial score (nSPS) is 12.7. The van der Waals surface area contributed by atoms with E-state index < -0.39 is 6.10 Å². The third kappa shape index (κ3) is 49.6. The molecule has 0 heterocycles. The lowest BCUT2D eigenvalue weighted by Crippen LogP contribution is -2.30. The summed E-state index contributed by atoms with van der Waals surface area (Å²) in [6.07, 6.45) is 67.1. The zero-order valence-electron chi connectivity index (χ0n) is 41.8. The molecule has 0 aliphatic carbocycles. The van der Waals surface area contributed by atoms with Crippen molar-refractivity contribution < 1.29 is 28.6 Å². The summed E-state index contributed by atoms with van der Waals surface area (Å²) in [7, 11) is 0. The van der Waals surface area contributed by atoms with E-state index in [2.05, 4.69) is 87.6 Å². The average molecular weight is 891 g/mol.